The van der Waals surface area contributed by atoms with Crippen LogP contribution in [-0.4, -0.2) is 21.7 Å². The fourth-order valence-electron chi connectivity index (χ4n) is 1.95. The average Bonchev–Trinajstić information content (AvgIpc) is 3.03. The van der Waals surface area contributed by atoms with Crippen LogP contribution in [0.25, 0.3) is 11.5 Å². The van der Waals surface area contributed by atoms with Gasteiger partial charge in [0.1, 0.15) is 0 Å². The van der Waals surface area contributed by atoms with Crippen molar-refractivity contribution in [1.29, 1.82) is 0 Å². The third kappa shape index (κ3) is 4.10. The highest BCUT2D eigenvalue weighted by Gasteiger charge is 2.20. The number of nitro benzene ring substituents is 1. The molecular formula is C15H9F2N3O4S. The van der Waals surface area contributed by atoms with Crippen molar-refractivity contribution >= 4 is 17.4 Å². The van der Waals surface area contributed by atoms with Gasteiger partial charge in [0.05, 0.1) is 4.92 Å². The average molecular weight is 365 g/mol. The van der Waals surface area contributed by atoms with Crippen LogP contribution in [-0.2, 0) is 0 Å². The van der Waals surface area contributed by atoms with E-state index >= 15 is 0 Å². The van der Waals surface area contributed by atoms with E-state index in [1.807, 2.05) is 18.2 Å². The maximum absolute atomic E-state index is 12.4. The van der Waals surface area contributed by atoms with Crippen LogP contribution in [0.4, 0.5) is 14.5 Å². The number of alkyl halides is 2. The van der Waals surface area contributed by atoms with E-state index in [4.69, 9.17) is 4.42 Å². The Kier molecular flexibility index (Phi) is 4.89. The highest BCUT2D eigenvalue weighted by atomic mass is 32.2. The van der Waals surface area contributed by atoms with Crippen LogP contribution < -0.4 is 4.74 Å². The number of nitro groups is 1. The first-order valence-corrected chi connectivity index (χ1v) is 7.64. The zero-order valence-electron chi connectivity index (χ0n) is 12.3. The standard InChI is InChI=1S/C15H9F2N3O4S/c16-14(17)23-12-8-10(6-7-11(12)20(21)22)25-15-19-18-13(24-15)9-4-2-1-3-5-9/h1-8,14H. The molecule has 0 unspecified atom stereocenters. The second-order valence-corrected chi connectivity index (χ2v) is 5.63. The van der Waals surface area contributed by atoms with Crippen molar-refractivity contribution in [2.75, 3.05) is 0 Å². The van der Waals surface area contributed by atoms with E-state index in [0.29, 0.717) is 10.8 Å². The minimum atomic E-state index is -3.17. The molecule has 0 aliphatic carbocycles. The predicted molar refractivity (Wildman–Crippen MR) is 83.6 cm³/mol. The minimum absolute atomic E-state index is 0.163. The Hall–Kier alpha value is -3.01. The number of hydrogen-bond acceptors (Lipinski definition) is 7. The van der Waals surface area contributed by atoms with Crippen LogP contribution in [0.5, 0.6) is 5.75 Å². The first kappa shape index (κ1) is 16.8. The number of aromatic nitrogens is 2. The predicted octanol–water partition coefficient (Wildman–Crippen LogP) is 4.40. The van der Waals surface area contributed by atoms with E-state index in [1.54, 1.807) is 12.1 Å². The van der Waals surface area contributed by atoms with E-state index in [0.717, 1.165) is 29.5 Å². The fourth-order valence-corrected chi connectivity index (χ4v) is 2.65. The molecule has 0 saturated heterocycles. The van der Waals surface area contributed by atoms with E-state index in [1.165, 1.54) is 6.07 Å². The number of ether oxygens (including phenoxy) is 1. The molecular weight excluding hydrogens is 356 g/mol. The van der Waals surface area contributed by atoms with Crippen LogP contribution in [0.3, 0.4) is 0 Å². The van der Waals surface area contributed by atoms with Gasteiger partial charge in [-0.3, -0.25) is 10.1 Å². The maximum Gasteiger partial charge on any atom is 0.387 e. The van der Waals surface area contributed by atoms with Crippen molar-refractivity contribution in [2.24, 2.45) is 0 Å². The van der Waals surface area contributed by atoms with Gasteiger partial charge in [0.2, 0.25) is 11.6 Å². The molecule has 128 valence electrons. The summed E-state index contributed by atoms with van der Waals surface area (Å²) in [5.41, 5.74) is 0.174. The molecule has 0 N–H and O–H groups in total. The van der Waals surface area contributed by atoms with Gasteiger partial charge < -0.3 is 9.15 Å². The van der Waals surface area contributed by atoms with Crippen LogP contribution in [0.2, 0.25) is 0 Å². The molecule has 0 spiro atoms. The van der Waals surface area contributed by atoms with Crippen LogP contribution in [0.1, 0.15) is 0 Å². The highest BCUT2D eigenvalue weighted by Crippen LogP contribution is 2.36. The molecule has 0 aliphatic rings. The summed E-state index contributed by atoms with van der Waals surface area (Å²) < 4.78 is 34.5. The first-order chi connectivity index (χ1) is 12.0. The molecule has 1 heterocycles. The van der Waals surface area contributed by atoms with Gasteiger partial charge in [-0.1, -0.05) is 18.2 Å². The molecule has 3 rings (SSSR count). The van der Waals surface area contributed by atoms with Gasteiger partial charge in [0.25, 0.3) is 5.22 Å². The lowest BCUT2D eigenvalue weighted by Gasteiger charge is -2.06. The Morgan fingerprint density at radius 1 is 1.16 bits per heavy atom. The molecule has 10 heteroatoms. The van der Waals surface area contributed by atoms with E-state index in [2.05, 4.69) is 14.9 Å². The number of halogens is 2. The molecule has 2 aromatic carbocycles. The zero-order valence-corrected chi connectivity index (χ0v) is 13.2. The molecule has 0 fully saturated rings. The molecule has 0 amide bonds. The Morgan fingerprint density at radius 3 is 2.60 bits per heavy atom. The highest BCUT2D eigenvalue weighted by molar-refractivity contribution is 7.99. The first-order valence-electron chi connectivity index (χ1n) is 6.83. The lowest BCUT2D eigenvalue weighted by atomic mass is 10.2. The van der Waals surface area contributed by atoms with Gasteiger partial charge in [0.15, 0.2) is 0 Å². The molecule has 0 bridgehead atoms. The third-order valence-corrected chi connectivity index (χ3v) is 3.81. The van der Waals surface area contributed by atoms with Crippen molar-refractivity contribution in [1.82, 2.24) is 10.2 Å². The summed E-state index contributed by atoms with van der Waals surface area (Å²) in [6.45, 7) is -3.17. The maximum atomic E-state index is 12.4. The smallest absolute Gasteiger partial charge is 0.387 e. The normalized spacial score (nSPS) is 10.8. The molecule has 0 aliphatic heterocycles. The van der Waals surface area contributed by atoms with Gasteiger partial charge in [-0.25, -0.2) is 0 Å². The van der Waals surface area contributed by atoms with Crippen molar-refractivity contribution in [2.45, 2.75) is 16.7 Å². The van der Waals surface area contributed by atoms with E-state index in [-0.39, 0.29) is 5.22 Å². The summed E-state index contributed by atoms with van der Waals surface area (Å²) >= 11 is 0.977. The Morgan fingerprint density at radius 2 is 1.92 bits per heavy atom. The second kappa shape index (κ2) is 7.26. The van der Waals surface area contributed by atoms with E-state index in [9.17, 15) is 18.9 Å². The number of hydrogen-bond donors (Lipinski definition) is 0. The summed E-state index contributed by atoms with van der Waals surface area (Å²) in [4.78, 5) is 10.4. The summed E-state index contributed by atoms with van der Waals surface area (Å²) in [6, 6.07) is 12.7. The van der Waals surface area contributed by atoms with Gasteiger partial charge in [0, 0.05) is 22.6 Å². The van der Waals surface area contributed by atoms with Crippen LogP contribution in [0.15, 0.2) is 63.1 Å². The lowest BCUT2D eigenvalue weighted by Crippen LogP contribution is -2.04. The number of rotatable bonds is 6. The Bertz CT molecular complexity index is 889. The summed E-state index contributed by atoms with van der Waals surface area (Å²) in [6.07, 6.45) is 0. The molecule has 0 saturated carbocycles. The Labute approximate surface area is 143 Å². The van der Waals surface area contributed by atoms with Crippen molar-refractivity contribution in [3.05, 3.63) is 58.6 Å². The molecule has 0 atom stereocenters. The quantitative estimate of drug-likeness (QED) is 0.472. The van der Waals surface area contributed by atoms with Gasteiger partial charge >= 0.3 is 12.3 Å². The monoisotopic (exact) mass is 365 g/mol. The topological polar surface area (TPSA) is 91.3 Å². The van der Waals surface area contributed by atoms with Crippen molar-refractivity contribution in [3.63, 3.8) is 0 Å². The number of benzene rings is 2. The molecule has 1 aromatic heterocycles. The molecule has 25 heavy (non-hydrogen) atoms. The minimum Gasteiger partial charge on any atom is -0.427 e. The largest absolute Gasteiger partial charge is 0.427 e. The summed E-state index contributed by atoms with van der Waals surface area (Å²) in [5.74, 6) is -0.234. The van der Waals surface area contributed by atoms with Gasteiger partial charge in [-0.2, -0.15) is 8.78 Å². The molecule has 7 nitrogen and oxygen atoms in total. The van der Waals surface area contributed by atoms with Crippen LogP contribution >= 0.6 is 11.8 Å². The second-order valence-electron chi connectivity index (χ2n) is 4.61. The Balaban J connectivity index is 1.83. The third-order valence-electron chi connectivity index (χ3n) is 2.98. The van der Waals surface area contributed by atoms with Gasteiger partial charge in [-0.15, -0.1) is 10.2 Å². The van der Waals surface area contributed by atoms with Crippen LogP contribution in [0, 0.1) is 10.1 Å². The fraction of sp³-hybridized carbons (Fsp3) is 0.0667. The van der Waals surface area contributed by atoms with E-state index < -0.39 is 23.0 Å². The molecule has 3 aromatic rings. The SMILES string of the molecule is O=[N+]([O-])c1ccc(Sc2nnc(-c3ccccc3)o2)cc1OC(F)F. The zero-order chi connectivity index (χ0) is 17.8. The lowest BCUT2D eigenvalue weighted by molar-refractivity contribution is -0.386. The van der Waals surface area contributed by atoms with Crippen molar-refractivity contribution in [3.8, 4) is 17.2 Å². The molecule has 0 radical (unpaired) electrons. The summed E-state index contributed by atoms with van der Waals surface area (Å²) in [5, 5.41) is 18.8. The summed E-state index contributed by atoms with van der Waals surface area (Å²) in [7, 11) is 0. The van der Waals surface area contributed by atoms with Gasteiger partial charge in [-0.05, 0) is 30.0 Å². The number of nitrogens with zero attached hydrogens (tertiary/aromatic N) is 3. The van der Waals surface area contributed by atoms with Crippen molar-refractivity contribution < 1.29 is 22.9 Å².